The van der Waals surface area contributed by atoms with E-state index in [1.807, 2.05) is 50.6 Å². The Hall–Kier alpha value is -3.70. The molecule has 10 nitrogen and oxygen atoms in total. The highest BCUT2D eigenvalue weighted by Gasteiger charge is 2.21. The molecule has 0 aliphatic carbocycles. The molecule has 0 unspecified atom stereocenters. The van der Waals surface area contributed by atoms with Gasteiger partial charge in [0.25, 0.3) is 5.91 Å². The molecule has 1 aromatic carbocycles. The number of pyridine rings is 1. The molecule has 4 rings (SSSR count). The lowest BCUT2D eigenvalue weighted by Crippen LogP contribution is -2.45. The van der Waals surface area contributed by atoms with Crippen molar-refractivity contribution in [2.24, 2.45) is 16.7 Å². The highest BCUT2D eigenvalue weighted by molar-refractivity contribution is 6.41. The average Bonchev–Trinajstić information content (AvgIpc) is 3.28. The number of amidine groups is 1. The number of hydrazine groups is 1. The number of halogens is 1. The van der Waals surface area contributed by atoms with E-state index in [4.69, 9.17) is 16.3 Å². The number of aryl methyl sites for hydroxylation is 1. The monoisotopic (exact) mass is 482 g/mol. The van der Waals surface area contributed by atoms with Crippen LogP contribution in [0.1, 0.15) is 26.3 Å². The molecular weight excluding hydrogens is 451 g/mol. The average molecular weight is 483 g/mol. The first-order chi connectivity index (χ1) is 16.5. The molecule has 1 aliphatic rings. The summed E-state index contributed by atoms with van der Waals surface area (Å²) >= 11 is 0. The van der Waals surface area contributed by atoms with Gasteiger partial charge in [0.2, 0.25) is 5.84 Å². The van der Waals surface area contributed by atoms with Crippen molar-refractivity contribution in [1.82, 2.24) is 14.5 Å². The maximum Gasteiger partial charge on any atom is 0.292 e. The maximum absolute atomic E-state index is 14.8. The number of hydrazone groups is 1. The van der Waals surface area contributed by atoms with Gasteiger partial charge in [0.05, 0.1) is 30.1 Å². The molecule has 186 valence electrons. The van der Waals surface area contributed by atoms with Crippen LogP contribution < -0.4 is 21.8 Å². The first-order valence-electron chi connectivity index (χ1n) is 11.3. The second kappa shape index (κ2) is 9.51. The molecule has 0 bridgehead atoms. The second-order valence-corrected chi connectivity index (χ2v) is 9.47. The fourth-order valence-electron chi connectivity index (χ4n) is 3.78. The minimum Gasteiger partial charge on any atom is -0.378 e. The number of hydrogen-bond donors (Lipinski definition) is 3. The smallest absolute Gasteiger partial charge is 0.292 e. The van der Waals surface area contributed by atoms with E-state index in [1.54, 1.807) is 12.3 Å². The van der Waals surface area contributed by atoms with Crippen molar-refractivity contribution in [3.63, 3.8) is 0 Å². The highest BCUT2D eigenvalue weighted by atomic mass is 19.1. The number of anilines is 2. The summed E-state index contributed by atoms with van der Waals surface area (Å²) in [5.41, 5.74) is 9.39. The van der Waals surface area contributed by atoms with Crippen LogP contribution in [0, 0.1) is 12.7 Å². The predicted octanol–water partition coefficient (Wildman–Crippen LogP) is 2.47. The van der Waals surface area contributed by atoms with Gasteiger partial charge in [0.1, 0.15) is 5.82 Å². The fraction of sp³-hybridized carbons (Fsp3) is 0.375. The van der Waals surface area contributed by atoms with Crippen LogP contribution in [0.15, 0.2) is 41.9 Å². The Morgan fingerprint density at radius 3 is 2.66 bits per heavy atom. The Kier molecular flexibility index (Phi) is 6.64. The zero-order chi connectivity index (χ0) is 25.3. The zero-order valence-corrected chi connectivity index (χ0v) is 20.4. The third-order valence-electron chi connectivity index (χ3n) is 5.83. The van der Waals surface area contributed by atoms with E-state index in [0.29, 0.717) is 13.2 Å². The van der Waals surface area contributed by atoms with Gasteiger partial charge in [-0.3, -0.25) is 4.79 Å². The highest BCUT2D eigenvalue weighted by Crippen LogP contribution is 2.33. The Morgan fingerprint density at radius 1 is 1.26 bits per heavy atom. The molecule has 1 amide bonds. The SMILES string of the molecule is Cc1cc(F)c(NC(=O)/C(N)=N/N(N)C(C)(C)C)cc1-c1cc(N2CCOCC2)c2nccn2c1. The van der Waals surface area contributed by atoms with E-state index in [9.17, 15) is 9.18 Å². The van der Waals surface area contributed by atoms with E-state index in [2.05, 4.69) is 20.3 Å². The number of nitrogens with two attached hydrogens (primary N) is 2. The zero-order valence-electron chi connectivity index (χ0n) is 20.4. The number of imidazole rings is 1. The minimum absolute atomic E-state index is 0.00766. The van der Waals surface area contributed by atoms with E-state index in [0.717, 1.165) is 46.2 Å². The number of fused-ring (bicyclic) bond motifs is 1. The molecule has 1 saturated heterocycles. The number of benzene rings is 1. The van der Waals surface area contributed by atoms with Crippen molar-refractivity contribution in [2.75, 3.05) is 36.5 Å². The number of carbonyl (C=O) groups is 1. The first kappa shape index (κ1) is 24.4. The summed E-state index contributed by atoms with van der Waals surface area (Å²) < 4.78 is 22.3. The number of ether oxygens (including phenoxy) is 1. The number of nitrogens with zero attached hydrogens (tertiary/aromatic N) is 5. The molecule has 1 aliphatic heterocycles. The van der Waals surface area contributed by atoms with Crippen LogP contribution in [-0.4, -0.2) is 58.1 Å². The van der Waals surface area contributed by atoms with E-state index >= 15 is 0 Å². The third-order valence-corrected chi connectivity index (χ3v) is 5.83. The standard InChI is InChI=1S/C24H31FN8O2/c1-15-11-18(25)19(29-23(34)21(26)30-33(27)24(2,3)4)13-17(15)16-12-20(31-7-9-35-10-8-31)22-28-5-6-32(22)14-16/h5-6,11-14H,7-10,27H2,1-4H3,(H2,26,30)(H,29,34). The van der Waals surface area contributed by atoms with Crippen molar-refractivity contribution >= 4 is 28.8 Å². The van der Waals surface area contributed by atoms with Gasteiger partial charge in [-0.25, -0.2) is 20.3 Å². The van der Waals surface area contributed by atoms with Gasteiger partial charge in [0.15, 0.2) is 5.65 Å². The molecule has 3 heterocycles. The molecule has 1 fully saturated rings. The largest absolute Gasteiger partial charge is 0.378 e. The molecule has 0 radical (unpaired) electrons. The maximum atomic E-state index is 14.8. The van der Waals surface area contributed by atoms with Crippen molar-refractivity contribution in [1.29, 1.82) is 0 Å². The summed E-state index contributed by atoms with van der Waals surface area (Å²) in [7, 11) is 0. The lowest BCUT2D eigenvalue weighted by atomic mass is 10.00. The van der Waals surface area contributed by atoms with Crippen LogP contribution in [0.25, 0.3) is 16.8 Å². The second-order valence-electron chi connectivity index (χ2n) is 9.47. The summed E-state index contributed by atoms with van der Waals surface area (Å²) in [4.78, 5) is 19.3. The van der Waals surface area contributed by atoms with Crippen LogP contribution in [0.5, 0.6) is 0 Å². The van der Waals surface area contributed by atoms with E-state index < -0.39 is 17.3 Å². The van der Waals surface area contributed by atoms with Crippen LogP contribution in [0.3, 0.4) is 0 Å². The Morgan fingerprint density at radius 2 is 1.97 bits per heavy atom. The van der Waals surface area contributed by atoms with Crippen LogP contribution in [0.2, 0.25) is 0 Å². The van der Waals surface area contributed by atoms with Crippen molar-refractivity contribution in [3.05, 3.63) is 48.2 Å². The van der Waals surface area contributed by atoms with Gasteiger partial charge in [-0.15, -0.1) is 5.10 Å². The summed E-state index contributed by atoms with van der Waals surface area (Å²) in [6.07, 6.45) is 5.55. The van der Waals surface area contributed by atoms with Gasteiger partial charge in [0, 0.05) is 37.2 Å². The van der Waals surface area contributed by atoms with Gasteiger partial charge >= 0.3 is 0 Å². The van der Waals surface area contributed by atoms with E-state index in [-0.39, 0.29) is 11.5 Å². The molecule has 35 heavy (non-hydrogen) atoms. The molecule has 5 N–H and O–H groups in total. The number of rotatable bonds is 4. The molecular formula is C24H31FN8O2. The third kappa shape index (κ3) is 5.20. The normalized spacial score (nSPS) is 14.9. The number of amides is 1. The van der Waals surface area contributed by atoms with E-state index in [1.165, 1.54) is 6.07 Å². The number of nitrogens with one attached hydrogen (secondary N) is 1. The fourth-order valence-corrected chi connectivity index (χ4v) is 3.78. The Labute approximate surface area is 203 Å². The lowest BCUT2D eigenvalue weighted by Gasteiger charge is -2.29. The summed E-state index contributed by atoms with van der Waals surface area (Å²) in [6, 6.07) is 5.02. The molecule has 11 heteroatoms. The molecule has 2 aromatic heterocycles. The molecule has 0 atom stereocenters. The number of aromatic nitrogens is 2. The molecule has 0 spiro atoms. The summed E-state index contributed by atoms with van der Waals surface area (Å²) in [5.74, 6) is 4.13. The summed E-state index contributed by atoms with van der Waals surface area (Å²) in [5, 5.41) is 7.51. The minimum atomic E-state index is -0.752. The molecule has 3 aromatic rings. The van der Waals surface area contributed by atoms with Crippen LogP contribution >= 0.6 is 0 Å². The van der Waals surface area contributed by atoms with Gasteiger partial charge in [-0.05, 0) is 57.0 Å². The quantitative estimate of drug-likeness (QED) is 0.226. The number of hydrogen-bond acceptors (Lipinski definition) is 7. The number of morpholine rings is 1. The van der Waals surface area contributed by atoms with Gasteiger partial charge in [-0.2, -0.15) is 0 Å². The topological polar surface area (TPSA) is 127 Å². The van der Waals surface area contributed by atoms with Crippen LogP contribution in [0.4, 0.5) is 15.8 Å². The van der Waals surface area contributed by atoms with Gasteiger partial charge < -0.3 is 25.1 Å². The van der Waals surface area contributed by atoms with Gasteiger partial charge in [-0.1, -0.05) is 0 Å². The Bertz CT molecular complexity index is 1270. The van der Waals surface area contributed by atoms with Crippen molar-refractivity contribution in [3.8, 4) is 11.1 Å². The Balaban J connectivity index is 1.69. The lowest BCUT2D eigenvalue weighted by molar-refractivity contribution is -0.110. The number of carbonyl (C=O) groups excluding carboxylic acids is 1. The van der Waals surface area contributed by atoms with Crippen molar-refractivity contribution in [2.45, 2.75) is 33.2 Å². The predicted molar refractivity (Wildman–Crippen MR) is 134 cm³/mol. The summed E-state index contributed by atoms with van der Waals surface area (Å²) in [6.45, 7) is 10.0. The first-order valence-corrected chi connectivity index (χ1v) is 11.3. The van der Waals surface area contributed by atoms with Crippen LogP contribution in [-0.2, 0) is 9.53 Å². The van der Waals surface area contributed by atoms with Crippen molar-refractivity contribution < 1.29 is 13.9 Å². The molecule has 0 saturated carbocycles.